The van der Waals surface area contributed by atoms with Crippen molar-refractivity contribution in [2.24, 2.45) is 0 Å². The fraction of sp³-hybridized carbons (Fsp3) is 0.455. The van der Waals surface area contributed by atoms with E-state index in [1.165, 1.54) is 12.1 Å². The molecule has 0 radical (unpaired) electrons. The number of rotatable bonds is 6. The Kier molecular flexibility index (Phi) is 5.71. The van der Waals surface area contributed by atoms with Gasteiger partial charge in [-0.1, -0.05) is 0 Å². The Morgan fingerprint density at radius 3 is 2.72 bits per heavy atom. The summed E-state index contributed by atoms with van der Waals surface area (Å²) >= 11 is 2.96. The monoisotopic (exact) mass is 339 g/mol. The Morgan fingerprint density at radius 1 is 1.50 bits per heavy atom. The molecule has 2 N–H and O–H groups in total. The molecule has 1 atom stereocenters. The zero-order valence-corrected chi connectivity index (χ0v) is 12.3. The largest absolute Gasteiger partial charge is 0.396 e. The Balaban J connectivity index is 2.83. The van der Waals surface area contributed by atoms with Crippen LogP contribution in [0.4, 0.5) is 4.39 Å². The summed E-state index contributed by atoms with van der Waals surface area (Å²) < 4.78 is 39.8. The molecule has 0 fully saturated rings. The Hall–Kier alpha value is -0.500. The van der Waals surface area contributed by atoms with Gasteiger partial charge in [0.2, 0.25) is 10.0 Å². The van der Waals surface area contributed by atoms with Crippen molar-refractivity contribution in [3.63, 3.8) is 0 Å². The first-order valence-electron chi connectivity index (χ1n) is 5.45. The first-order chi connectivity index (χ1) is 8.36. The number of halogens is 2. The van der Waals surface area contributed by atoms with Crippen molar-refractivity contribution in [2.75, 3.05) is 6.61 Å². The van der Waals surface area contributed by atoms with Crippen LogP contribution in [0.15, 0.2) is 27.6 Å². The predicted molar refractivity (Wildman–Crippen MR) is 70.2 cm³/mol. The molecule has 0 heterocycles. The standard InChI is InChI=1S/C11H15BrFNO3S/c1-8(3-2-6-15)14-18(16,17)9-4-5-10(12)11(13)7-9/h4-5,7-8,14-15H,2-3,6H2,1H3. The summed E-state index contributed by atoms with van der Waals surface area (Å²) in [7, 11) is -3.72. The van der Waals surface area contributed by atoms with E-state index in [4.69, 9.17) is 5.11 Å². The molecule has 102 valence electrons. The molecule has 0 spiro atoms. The van der Waals surface area contributed by atoms with Gasteiger partial charge in [-0.05, 0) is 53.9 Å². The topological polar surface area (TPSA) is 66.4 Å². The van der Waals surface area contributed by atoms with Crippen molar-refractivity contribution in [1.82, 2.24) is 4.72 Å². The van der Waals surface area contributed by atoms with Crippen LogP contribution in [-0.4, -0.2) is 26.2 Å². The van der Waals surface area contributed by atoms with Gasteiger partial charge in [-0.15, -0.1) is 0 Å². The molecule has 0 saturated carbocycles. The Bertz CT molecular complexity index is 507. The highest BCUT2D eigenvalue weighted by Gasteiger charge is 2.18. The quantitative estimate of drug-likeness (QED) is 0.833. The molecule has 0 amide bonds. The SMILES string of the molecule is CC(CCCO)NS(=O)(=O)c1ccc(Br)c(F)c1. The lowest BCUT2D eigenvalue weighted by atomic mass is 10.2. The molecule has 1 unspecified atom stereocenters. The molecule has 4 nitrogen and oxygen atoms in total. The Morgan fingerprint density at radius 2 is 2.17 bits per heavy atom. The lowest BCUT2D eigenvalue weighted by Gasteiger charge is -2.13. The van der Waals surface area contributed by atoms with E-state index in [0.29, 0.717) is 12.8 Å². The van der Waals surface area contributed by atoms with Gasteiger partial charge in [0, 0.05) is 12.6 Å². The van der Waals surface area contributed by atoms with Gasteiger partial charge in [-0.3, -0.25) is 0 Å². The van der Waals surface area contributed by atoms with Crippen molar-refractivity contribution >= 4 is 26.0 Å². The fourth-order valence-corrected chi connectivity index (χ4v) is 2.97. The minimum Gasteiger partial charge on any atom is -0.396 e. The summed E-state index contributed by atoms with van der Waals surface area (Å²) in [6.07, 6.45) is 1.03. The molecule has 0 saturated heterocycles. The average Bonchev–Trinajstić information content (AvgIpc) is 2.29. The van der Waals surface area contributed by atoms with Crippen LogP contribution in [0, 0.1) is 5.82 Å². The number of aliphatic hydroxyl groups is 1. The van der Waals surface area contributed by atoms with E-state index >= 15 is 0 Å². The summed E-state index contributed by atoms with van der Waals surface area (Å²) in [5.41, 5.74) is 0. The number of nitrogens with one attached hydrogen (secondary N) is 1. The molecule has 0 aliphatic rings. The van der Waals surface area contributed by atoms with E-state index in [2.05, 4.69) is 20.7 Å². The number of aliphatic hydroxyl groups excluding tert-OH is 1. The van der Waals surface area contributed by atoms with Crippen LogP contribution in [0.3, 0.4) is 0 Å². The maximum Gasteiger partial charge on any atom is 0.240 e. The highest BCUT2D eigenvalue weighted by Crippen LogP contribution is 2.19. The molecular weight excluding hydrogens is 325 g/mol. The second kappa shape index (κ2) is 6.60. The van der Waals surface area contributed by atoms with E-state index in [-0.39, 0.29) is 22.0 Å². The number of sulfonamides is 1. The summed E-state index contributed by atoms with van der Waals surface area (Å²) in [6, 6.07) is 3.33. The van der Waals surface area contributed by atoms with Crippen molar-refractivity contribution in [1.29, 1.82) is 0 Å². The van der Waals surface area contributed by atoms with Gasteiger partial charge in [0.05, 0.1) is 9.37 Å². The summed E-state index contributed by atoms with van der Waals surface area (Å²) in [4.78, 5) is -0.112. The number of benzene rings is 1. The summed E-state index contributed by atoms with van der Waals surface area (Å²) in [6.45, 7) is 1.71. The molecule has 0 bridgehead atoms. The minimum absolute atomic E-state index is 0.0129. The molecule has 0 aliphatic heterocycles. The maximum atomic E-state index is 13.3. The smallest absolute Gasteiger partial charge is 0.240 e. The van der Waals surface area contributed by atoms with Crippen LogP contribution < -0.4 is 4.72 Å². The van der Waals surface area contributed by atoms with Crippen molar-refractivity contribution < 1.29 is 17.9 Å². The highest BCUT2D eigenvalue weighted by molar-refractivity contribution is 9.10. The molecule has 7 heteroatoms. The zero-order chi connectivity index (χ0) is 13.8. The second-order valence-corrected chi connectivity index (χ2v) is 6.53. The molecule has 0 aliphatic carbocycles. The van der Waals surface area contributed by atoms with Gasteiger partial charge < -0.3 is 5.11 Å². The van der Waals surface area contributed by atoms with Crippen LogP contribution in [0.2, 0.25) is 0 Å². The van der Waals surface area contributed by atoms with Crippen LogP contribution >= 0.6 is 15.9 Å². The van der Waals surface area contributed by atoms with Crippen LogP contribution in [0.25, 0.3) is 0 Å². The van der Waals surface area contributed by atoms with Crippen molar-refractivity contribution in [2.45, 2.75) is 30.7 Å². The van der Waals surface area contributed by atoms with E-state index < -0.39 is 15.8 Å². The van der Waals surface area contributed by atoms with E-state index in [1.54, 1.807) is 6.92 Å². The molecule has 18 heavy (non-hydrogen) atoms. The third kappa shape index (κ3) is 4.31. The van der Waals surface area contributed by atoms with Gasteiger partial charge in [-0.25, -0.2) is 17.5 Å². The van der Waals surface area contributed by atoms with E-state index in [0.717, 1.165) is 6.07 Å². The summed E-state index contributed by atoms with van der Waals surface area (Å²) in [5, 5.41) is 8.67. The lowest BCUT2D eigenvalue weighted by molar-refractivity contribution is 0.279. The number of hydrogen-bond acceptors (Lipinski definition) is 3. The number of hydrogen-bond donors (Lipinski definition) is 2. The fourth-order valence-electron chi connectivity index (χ4n) is 1.43. The highest BCUT2D eigenvalue weighted by atomic mass is 79.9. The second-order valence-electron chi connectivity index (χ2n) is 3.96. The first kappa shape index (κ1) is 15.6. The maximum absolute atomic E-state index is 13.3. The predicted octanol–water partition coefficient (Wildman–Crippen LogP) is 2.03. The molecule has 1 aromatic rings. The van der Waals surface area contributed by atoms with E-state index in [1.807, 2.05) is 0 Å². The van der Waals surface area contributed by atoms with Gasteiger partial charge >= 0.3 is 0 Å². The molecular formula is C11H15BrFNO3S. The lowest BCUT2D eigenvalue weighted by Crippen LogP contribution is -2.32. The van der Waals surface area contributed by atoms with Gasteiger partial charge in [-0.2, -0.15) is 0 Å². The summed E-state index contributed by atoms with van der Waals surface area (Å²) in [5.74, 6) is -0.624. The zero-order valence-electron chi connectivity index (χ0n) is 9.86. The van der Waals surface area contributed by atoms with Crippen molar-refractivity contribution in [3.8, 4) is 0 Å². The van der Waals surface area contributed by atoms with Crippen LogP contribution in [-0.2, 0) is 10.0 Å². The first-order valence-corrected chi connectivity index (χ1v) is 7.72. The van der Waals surface area contributed by atoms with Gasteiger partial charge in [0.15, 0.2) is 0 Å². The van der Waals surface area contributed by atoms with E-state index in [9.17, 15) is 12.8 Å². The van der Waals surface area contributed by atoms with Crippen LogP contribution in [0.1, 0.15) is 19.8 Å². The Labute approximate surface area is 114 Å². The van der Waals surface area contributed by atoms with Crippen molar-refractivity contribution in [3.05, 3.63) is 28.5 Å². The van der Waals surface area contributed by atoms with Gasteiger partial charge in [0.25, 0.3) is 0 Å². The third-order valence-electron chi connectivity index (χ3n) is 2.35. The average molecular weight is 340 g/mol. The minimum atomic E-state index is -3.72. The normalized spacial score (nSPS) is 13.6. The molecule has 1 aromatic carbocycles. The third-order valence-corrected chi connectivity index (χ3v) is 4.58. The molecule has 1 rings (SSSR count). The van der Waals surface area contributed by atoms with Crippen LogP contribution in [0.5, 0.6) is 0 Å². The van der Waals surface area contributed by atoms with Gasteiger partial charge in [0.1, 0.15) is 5.82 Å². The molecule has 0 aromatic heterocycles.